The van der Waals surface area contributed by atoms with E-state index in [0.29, 0.717) is 19.0 Å². The van der Waals surface area contributed by atoms with Crippen LogP contribution in [0.15, 0.2) is 18.2 Å². The van der Waals surface area contributed by atoms with Gasteiger partial charge < -0.3 is 20.4 Å². The smallest absolute Gasteiger partial charge is 0.319 e. The number of nitrogens with zero attached hydrogens (tertiary/aromatic N) is 2. The molecular formula is C18H26N4O2. The van der Waals surface area contributed by atoms with Gasteiger partial charge in [-0.2, -0.15) is 0 Å². The van der Waals surface area contributed by atoms with Crippen molar-refractivity contribution >= 4 is 23.3 Å². The standard InChI is InChI=1S/C18H26N4O2/c1-12-15(5-4-6-16(12)21(2)3)20-18(24)19-10-13-9-17(23)22(11-13)14-7-8-14/h4-6,13-14H,7-11H2,1-3H3,(H2,19,20,24)/t13-/m1/s1. The van der Waals surface area contributed by atoms with Gasteiger partial charge in [0.1, 0.15) is 0 Å². The molecule has 1 heterocycles. The van der Waals surface area contributed by atoms with Crippen molar-refractivity contribution in [2.24, 2.45) is 5.92 Å². The molecule has 2 aliphatic rings. The molecule has 6 heteroatoms. The third-order valence-electron chi connectivity index (χ3n) is 4.81. The summed E-state index contributed by atoms with van der Waals surface area (Å²) >= 11 is 0. The fraction of sp³-hybridized carbons (Fsp3) is 0.556. The Morgan fingerprint density at radius 2 is 2.08 bits per heavy atom. The zero-order valence-electron chi connectivity index (χ0n) is 14.6. The van der Waals surface area contributed by atoms with Gasteiger partial charge >= 0.3 is 6.03 Å². The van der Waals surface area contributed by atoms with Crippen LogP contribution in [-0.4, -0.2) is 50.1 Å². The number of benzene rings is 1. The fourth-order valence-electron chi connectivity index (χ4n) is 3.33. The molecular weight excluding hydrogens is 304 g/mol. The molecule has 6 nitrogen and oxygen atoms in total. The van der Waals surface area contributed by atoms with Gasteiger partial charge in [0.2, 0.25) is 5.91 Å². The Morgan fingerprint density at radius 1 is 1.33 bits per heavy atom. The molecule has 0 aromatic heterocycles. The second-order valence-electron chi connectivity index (χ2n) is 7.03. The van der Waals surface area contributed by atoms with Crippen molar-refractivity contribution in [1.82, 2.24) is 10.2 Å². The average Bonchev–Trinajstić information content (AvgIpc) is 3.30. The van der Waals surface area contributed by atoms with Gasteiger partial charge in [-0.15, -0.1) is 0 Å². The third-order valence-corrected chi connectivity index (χ3v) is 4.81. The highest BCUT2D eigenvalue weighted by Crippen LogP contribution is 2.32. The first-order valence-corrected chi connectivity index (χ1v) is 8.57. The molecule has 1 saturated heterocycles. The van der Waals surface area contributed by atoms with Crippen molar-refractivity contribution in [3.8, 4) is 0 Å². The molecule has 0 radical (unpaired) electrons. The Balaban J connectivity index is 1.51. The SMILES string of the molecule is Cc1c(NC(=O)NC[C@H]2CC(=O)N(C3CC3)C2)cccc1N(C)C. The van der Waals surface area contributed by atoms with Crippen molar-refractivity contribution in [3.05, 3.63) is 23.8 Å². The number of hydrogen-bond donors (Lipinski definition) is 2. The van der Waals surface area contributed by atoms with Crippen LogP contribution in [0.1, 0.15) is 24.8 Å². The zero-order chi connectivity index (χ0) is 17.3. The average molecular weight is 330 g/mol. The van der Waals surface area contributed by atoms with Gasteiger partial charge in [-0.05, 0) is 37.5 Å². The predicted octanol–water partition coefficient (Wildman–Crippen LogP) is 2.19. The lowest BCUT2D eigenvalue weighted by molar-refractivity contribution is -0.128. The van der Waals surface area contributed by atoms with E-state index in [1.807, 2.05) is 49.0 Å². The minimum atomic E-state index is -0.216. The number of amides is 3. The highest BCUT2D eigenvalue weighted by atomic mass is 16.2. The summed E-state index contributed by atoms with van der Waals surface area (Å²) in [7, 11) is 3.96. The lowest BCUT2D eigenvalue weighted by atomic mass is 10.1. The van der Waals surface area contributed by atoms with Crippen molar-refractivity contribution in [3.63, 3.8) is 0 Å². The maximum Gasteiger partial charge on any atom is 0.319 e. The monoisotopic (exact) mass is 330 g/mol. The molecule has 2 fully saturated rings. The summed E-state index contributed by atoms with van der Waals surface area (Å²) in [5.74, 6) is 0.456. The molecule has 2 N–H and O–H groups in total. The number of carbonyl (C=O) groups is 2. The quantitative estimate of drug-likeness (QED) is 0.870. The van der Waals surface area contributed by atoms with Gasteiger partial charge in [0.15, 0.2) is 0 Å². The van der Waals surface area contributed by atoms with Crippen molar-refractivity contribution in [2.75, 3.05) is 37.4 Å². The minimum absolute atomic E-state index is 0.216. The molecule has 24 heavy (non-hydrogen) atoms. The van der Waals surface area contributed by atoms with E-state index >= 15 is 0 Å². The van der Waals surface area contributed by atoms with E-state index in [1.54, 1.807) is 0 Å². The number of nitrogens with one attached hydrogen (secondary N) is 2. The van der Waals surface area contributed by atoms with Crippen LogP contribution >= 0.6 is 0 Å². The Labute approximate surface area is 143 Å². The van der Waals surface area contributed by atoms with E-state index in [1.165, 1.54) is 0 Å². The van der Waals surface area contributed by atoms with Crippen molar-refractivity contribution < 1.29 is 9.59 Å². The summed E-state index contributed by atoms with van der Waals surface area (Å²) in [6, 6.07) is 6.10. The number of hydrogen-bond acceptors (Lipinski definition) is 3. The van der Waals surface area contributed by atoms with Gasteiger partial charge in [0, 0.05) is 56.9 Å². The van der Waals surface area contributed by atoms with Gasteiger partial charge in [0.25, 0.3) is 0 Å². The molecule has 1 aromatic rings. The first-order chi connectivity index (χ1) is 11.5. The summed E-state index contributed by atoms with van der Waals surface area (Å²) < 4.78 is 0. The van der Waals surface area contributed by atoms with E-state index < -0.39 is 0 Å². The van der Waals surface area contributed by atoms with Crippen LogP contribution in [0.3, 0.4) is 0 Å². The first kappa shape index (κ1) is 16.6. The zero-order valence-corrected chi connectivity index (χ0v) is 14.6. The number of urea groups is 1. The summed E-state index contributed by atoms with van der Waals surface area (Å²) in [6.45, 7) is 3.31. The van der Waals surface area contributed by atoms with Crippen molar-refractivity contribution in [2.45, 2.75) is 32.2 Å². The van der Waals surface area contributed by atoms with E-state index in [2.05, 4.69) is 10.6 Å². The van der Waals surface area contributed by atoms with E-state index in [4.69, 9.17) is 0 Å². The second-order valence-corrected chi connectivity index (χ2v) is 7.03. The second kappa shape index (κ2) is 6.71. The summed E-state index contributed by atoms with van der Waals surface area (Å²) in [4.78, 5) is 28.1. The summed E-state index contributed by atoms with van der Waals surface area (Å²) in [5, 5.41) is 5.82. The Kier molecular flexibility index (Phi) is 4.64. The van der Waals surface area contributed by atoms with E-state index in [0.717, 1.165) is 36.3 Å². The topological polar surface area (TPSA) is 64.7 Å². The van der Waals surface area contributed by atoms with E-state index in [9.17, 15) is 9.59 Å². The van der Waals surface area contributed by atoms with Crippen molar-refractivity contribution in [1.29, 1.82) is 0 Å². The lowest BCUT2D eigenvalue weighted by Crippen LogP contribution is -2.34. The molecule has 1 aromatic carbocycles. The molecule has 0 spiro atoms. The molecule has 3 amide bonds. The van der Waals surface area contributed by atoms with Crippen LogP contribution in [0.25, 0.3) is 0 Å². The van der Waals surface area contributed by atoms with E-state index in [-0.39, 0.29) is 17.9 Å². The molecule has 0 unspecified atom stereocenters. The maximum atomic E-state index is 12.2. The van der Waals surface area contributed by atoms with Crippen LogP contribution in [0, 0.1) is 12.8 Å². The van der Waals surface area contributed by atoms with Gasteiger partial charge in [-0.3, -0.25) is 4.79 Å². The largest absolute Gasteiger partial charge is 0.377 e. The molecule has 130 valence electrons. The third kappa shape index (κ3) is 3.63. The van der Waals surface area contributed by atoms with Crippen LogP contribution in [0.2, 0.25) is 0 Å². The highest BCUT2D eigenvalue weighted by molar-refractivity contribution is 5.91. The molecule has 0 bridgehead atoms. The summed E-state index contributed by atoms with van der Waals surface area (Å²) in [5.41, 5.74) is 2.92. The van der Waals surface area contributed by atoms with Crippen LogP contribution in [0.5, 0.6) is 0 Å². The van der Waals surface area contributed by atoms with Gasteiger partial charge in [0.05, 0.1) is 0 Å². The molecule has 1 saturated carbocycles. The maximum absolute atomic E-state index is 12.2. The Morgan fingerprint density at radius 3 is 2.75 bits per heavy atom. The predicted molar refractivity (Wildman–Crippen MR) is 95.4 cm³/mol. The first-order valence-electron chi connectivity index (χ1n) is 8.57. The number of rotatable bonds is 5. The minimum Gasteiger partial charge on any atom is -0.377 e. The molecule has 1 aliphatic carbocycles. The lowest BCUT2D eigenvalue weighted by Gasteiger charge is -2.19. The number of likely N-dealkylation sites (tertiary alicyclic amines) is 1. The molecule has 1 atom stereocenters. The van der Waals surface area contributed by atoms with Gasteiger partial charge in [-0.1, -0.05) is 6.07 Å². The fourth-order valence-corrected chi connectivity index (χ4v) is 3.33. The van der Waals surface area contributed by atoms with Crippen LogP contribution < -0.4 is 15.5 Å². The van der Waals surface area contributed by atoms with Gasteiger partial charge in [-0.25, -0.2) is 4.79 Å². The summed E-state index contributed by atoms with van der Waals surface area (Å²) in [6.07, 6.45) is 2.81. The normalized spacial score (nSPS) is 20.2. The van der Waals surface area contributed by atoms with Crippen LogP contribution in [0.4, 0.5) is 16.2 Å². The highest BCUT2D eigenvalue weighted by Gasteiger charge is 2.39. The Hall–Kier alpha value is -2.24. The molecule has 3 rings (SSSR count). The molecule has 1 aliphatic heterocycles. The number of anilines is 2. The number of carbonyl (C=O) groups excluding carboxylic acids is 2. The van der Waals surface area contributed by atoms with Crippen LogP contribution in [-0.2, 0) is 4.79 Å². The Bertz CT molecular complexity index is 640.